The van der Waals surface area contributed by atoms with Crippen LogP contribution in [0.1, 0.15) is 45.5 Å². The Labute approximate surface area is 123 Å². The first kappa shape index (κ1) is 16.5. The summed E-state index contributed by atoms with van der Waals surface area (Å²) in [7, 11) is 0. The number of carbonyl (C=O) groups is 2. The normalized spacial score (nSPS) is 13.7. The molecule has 1 heterocycles. The number of thiophene rings is 1. The van der Waals surface area contributed by atoms with Crippen LogP contribution in [0, 0.1) is 5.41 Å². The molecule has 112 valence electrons. The third-order valence-corrected chi connectivity index (χ3v) is 4.90. The molecule has 0 aliphatic carbocycles. The predicted molar refractivity (Wildman–Crippen MR) is 79.9 cm³/mol. The first-order chi connectivity index (χ1) is 9.08. The molecule has 0 aromatic carbocycles. The van der Waals surface area contributed by atoms with Crippen LogP contribution in [0.15, 0.2) is 17.5 Å². The van der Waals surface area contributed by atoms with Gasteiger partial charge in [-0.05, 0) is 46.1 Å². The van der Waals surface area contributed by atoms with Crippen molar-refractivity contribution < 1.29 is 14.7 Å². The van der Waals surface area contributed by atoms with Gasteiger partial charge in [0, 0.05) is 4.88 Å². The SMILES string of the molecule is CC(NC(=O)NC(C)(C)C(C)(C)C(=O)O)c1cccs1. The van der Waals surface area contributed by atoms with Crippen molar-refractivity contribution in [3.63, 3.8) is 0 Å². The van der Waals surface area contributed by atoms with Crippen LogP contribution >= 0.6 is 11.3 Å². The van der Waals surface area contributed by atoms with E-state index >= 15 is 0 Å². The maximum absolute atomic E-state index is 12.0. The van der Waals surface area contributed by atoms with E-state index in [4.69, 9.17) is 0 Å². The summed E-state index contributed by atoms with van der Waals surface area (Å²) in [5.74, 6) is -0.950. The van der Waals surface area contributed by atoms with Crippen molar-refractivity contribution >= 4 is 23.3 Å². The van der Waals surface area contributed by atoms with Crippen LogP contribution in [-0.2, 0) is 4.79 Å². The molecule has 0 spiro atoms. The van der Waals surface area contributed by atoms with E-state index in [0.717, 1.165) is 4.88 Å². The van der Waals surface area contributed by atoms with Gasteiger partial charge >= 0.3 is 12.0 Å². The second-order valence-electron chi connectivity index (χ2n) is 5.89. The van der Waals surface area contributed by atoms with Crippen LogP contribution in [-0.4, -0.2) is 22.6 Å². The number of rotatable bonds is 5. The Morgan fingerprint density at radius 2 is 1.90 bits per heavy atom. The average Bonchev–Trinajstić information content (AvgIpc) is 2.80. The summed E-state index contributed by atoms with van der Waals surface area (Å²) < 4.78 is 0. The molecule has 0 fully saturated rings. The van der Waals surface area contributed by atoms with Crippen LogP contribution in [0.25, 0.3) is 0 Å². The molecule has 6 heteroatoms. The minimum Gasteiger partial charge on any atom is -0.481 e. The van der Waals surface area contributed by atoms with Gasteiger partial charge in [0.05, 0.1) is 17.0 Å². The largest absolute Gasteiger partial charge is 0.481 e. The first-order valence-corrected chi connectivity index (χ1v) is 7.31. The van der Waals surface area contributed by atoms with Crippen molar-refractivity contribution in [3.8, 4) is 0 Å². The van der Waals surface area contributed by atoms with Crippen LogP contribution in [0.4, 0.5) is 4.79 Å². The number of nitrogens with one attached hydrogen (secondary N) is 2. The van der Waals surface area contributed by atoms with Gasteiger partial charge in [-0.2, -0.15) is 0 Å². The lowest BCUT2D eigenvalue weighted by molar-refractivity contribution is -0.150. The number of hydrogen-bond donors (Lipinski definition) is 3. The zero-order valence-electron chi connectivity index (χ0n) is 12.5. The minimum atomic E-state index is -1.07. The fourth-order valence-electron chi connectivity index (χ4n) is 1.55. The number of carboxylic acids is 1. The van der Waals surface area contributed by atoms with E-state index in [0.29, 0.717) is 0 Å². The summed E-state index contributed by atoms with van der Waals surface area (Å²) in [6.45, 7) is 8.49. The summed E-state index contributed by atoms with van der Waals surface area (Å²) >= 11 is 1.56. The third kappa shape index (κ3) is 3.50. The highest BCUT2D eigenvalue weighted by atomic mass is 32.1. The highest BCUT2D eigenvalue weighted by Crippen LogP contribution is 2.30. The van der Waals surface area contributed by atoms with E-state index in [9.17, 15) is 14.7 Å². The predicted octanol–water partition coefficient (Wildman–Crippen LogP) is 3.00. The number of carboxylic acid groups (broad SMARTS) is 1. The molecule has 1 atom stereocenters. The molecule has 1 aromatic heterocycles. The Hall–Kier alpha value is -1.56. The van der Waals surface area contributed by atoms with E-state index in [1.807, 2.05) is 24.4 Å². The Kier molecular flexibility index (Phi) is 4.81. The van der Waals surface area contributed by atoms with Crippen LogP contribution < -0.4 is 10.6 Å². The van der Waals surface area contributed by atoms with E-state index in [2.05, 4.69) is 10.6 Å². The molecule has 5 nitrogen and oxygen atoms in total. The maximum atomic E-state index is 12.0. The Morgan fingerprint density at radius 1 is 1.30 bits per heavy atom. The second-order valence-corrected chi connectivity index (χ2v) is 6.87. The van der Waals surface area contributed by atoms with Crippen molar-refractivity contribution in [1.29, 1.82) is 0 Å². The van der Waals surface area contributed by atoms with Gasteiger partial charge in [-0.15, -0.1) is 11.3 Å². The maximum Gasteiger partial charge on any atom is 0.315 e. The average molecular weight is 298 g/mol. The summed E-state index contributed by atoms with van der Waals surface area (Å²) in [6.07, 6.45) is 0. The topological polar surface area (TPSA) is 78.4 Å². The monoisotopic (exact) mass is 298 g/mol. The quantitative estimate of drug-likeness (QED) is 0.782. The molecule has 0 aliphatic heterocycles. The smallest absolute Gasteiger partial charge is 0.315 e. The fraction of sp³-hybridized carbons (Fsp3) is 0.571. The van der Waals surface area contributed by atoms with Gasteiger partial charge in [0.2, 0.25) is 0 Å². The van der Waals surface area contributed by atoms with Gasteiger partial charge in [0.25, 0.3) is 0 Å². The molecule has 1 rings (SSSR count). The van der Waals surface area contributed by atoms with Gasteiger partial charge in [0.15, 0.2) is 0 Å². The van der Waals surface area contributed by atoms with E-state index in [1.54, 1.807) is 39.0 Å². The van der Waals surface area contributed by atoms with Crippen molar-refractivity contribution in [2.75, 3.05) is 0 Å². The molecule has 0 radical (unpaired) electrons. The Balaban J connectivity index is 2.68. The molecule has 0 aliphatic rings. The van der Waals surface area contributed by atoms with Crippen molar-refractivity contribution in [2.45, 2.75) is 46.2 Å². The van der Waals surface area contributed by atoms with Crippen molar-refractivity contribution in [2.24, 2.45) is 5.41 Å². The lowest BCUT2D eigenvalue weighted by Crippen LogP contribution is -2.59. The molecule has 3 N–H and O–H groups in total. The number of urea groups is 1. The molecule has 2 amide bonds. The van der Waals surface area contributed by atoms with E-state index in [-0.39, 0.29) is 12.1 Å². The van der Waals surface area contributed by atoms with Gasteiger partial charge < -0.3 is 15.7 Å². The first-order valence-electron chi connectivity index (χ1n) is 6.43. The second kappa shape index (κ2) is 5.83. The molecule has 0 saturated carbocycles. The molecule has 1 unspecified atom stereocenters. The summed E-state index contributed by atoms with van der Waals surface area (Å²) in [5, 5.41) is 16.8. The summed E-state index contributed by atoms with van der Waals surface area (Å²) in [6, 6.07) is 3.39. The Bertz CT molecular complexity index is 481. The number of carbonyl (C=O) groups excluding carboxylic acids is 1. The van der Waals surface area contributed by atoms with E-state index < -0.39 is 16.9 Å². The number of amides is 2. The van der Waals surface area contributed by atoms with Gasteiger partial charge in [-0.1, -0.05) is 6.07 Å². The lowest BCUT2D eigenvalue weighted by Gasteiger charge is -2.38. The van der Waals surface area contributed by atoms with Crippen molar-refractivity contribution in [3.05, 3.63) is 22.4 Å². The van der Waals surface area contributed by atoms with Gasteiger partial charge in [-0.25, -0.2) is 4.79 Å². The van der Waals surface area contributed by atoms with E-state index in [1.165, 1.54) is 0 Å². The molecule has 0 bridgehead atoms. The minimum absolute atomic E-state index is 0.112. The zero-order chi connectivity index (χ0) is 15.6. The molecule has 0 saturated heterocycles. The molecular weight excluding hydrogens is 276 g/mol. The van der Waals surface area contributed by atoms with Gasteiger partial charge in [0.1, 0.15) is 0 Å². The number of aliphatic carboxylic acids is 1. The fourth-order valence-corrected chi connectivity index (χ4v) is 2.28. The Morgan fingerprint density at radius 3 is 2.35 bits per heavy atom. The van der Waals surface area contributed by atoms with Gasteiger partial charge in [-0.3, -0.25) is 4.79 Å². The van der Waals surface area contributed by atoms with Crippen LogP contribution in [0.5, 0.6) is 0 Å². The van der Waals surface area contributed by atoms with Crippen molar-refractivity contribution in [1.82, 2.24) is 10.6 Å². The third-order valence-electron chi connectivity index (χ3n) is 3.84. The highest BCUT2D eigenvalue weighted by Gasteiger charge is 2.44. The highest BCUT2D eigenvalue weighted by molar-refractivity contribution is 7.10. The molecular formula is C14H22N2O3S. The molecule has 20 heavy (non-hydrogen) atoms. The van der Waals surface area contributed by atoms with Crippen LogP contribution in [0.3, 0.4) is 0 Å². The zero-order valence-corrected chi connectivity index (χ0v) is 13.3. The number of hydrogen-bond acceptors (Lipinski definition) is 3. The summed E-state index contributed by atoms with van der Waals surface area (Å²) in [4.78, 5) is 24.4. The lowest BCUT2D eigenvalue weighted by atomic mass is 9.74. The summed E-state index contributed by atoms with van der Waals surface area (Å²) in [5.41, 5.74) is -1.95. The molecule has 1 aromatic rings. The van der Waals surface area contributed by atoms with Crippen LogP contribution in [0.2, 0.25) is 0 Å². The standard InChI is InChI=1S/C14H22N2O3S/c1-9(10-7-6-8-20-10)15-12(19)16-14(4,5)13(2,3)11(17)18/h6-9H,1-5H3,(H,17,18)(H2,15,16,19).